The number of benzene rings is 2. The van der Waals surface area contributed by atoms with Crippen LogP contribution in [0.2, 0.25) is 10.0 Å². The van der Waals surface area contributed by atoms with Crippen molar-refractivity contribution < 1.29 is 9.84 Å². The van der Waals surface area contributed by atoms with E-state index in [1.54, 1.807) is 25.1 Å². The van der Waals surface area contributed by atoms with Crippen LogP contribution in [-0.2, 0) is 0 Å². The van der Waals surface area contributed by atoms with Gasteiger partial charge in [0.2, 0.25) is 0 Å². The van der Waals surface area contributed by atoms with Crippen molar-refractivity contribution in [2.45, 2.75) is 25.3 Å². The summed E-state index contributed by atoms with van der Waals surface area (Å²) in [5, 5.41) is 14.1. The molecule has 6 heteroatoms. The first-order valence-electron chi connectivity index (χ1n) is 7.31. The Balaban J connectivity index is 1.98. The van der Waals surface area contributed by atoms with Crippen LogP contribution < -0.4 is 15.8 Å². The molecule has 4 nitrogen and oxygen atoms in total. The highest BCUT2D eigenvalue weighted by atomic mass is 35.5. The van der Waals surface area contributed by atoms with Crippen LogP contribution in [0.5, 0.6) is 5.75 Å². The van der Waals surface area contributed by atoms with Gasteiger partial charge in [-0.2, -0.15) is 0 Å². The van der Waals surface area contributed by atoms with Crippen LogP contribution in [0.1, 0.15) is 18.5 Å². The smallest absolute Gasteiger partial charge is 0.176 e. The average molecular weight is 355 g/mol. The van der Waals surface area contributed by atoms with E-state index in [1.807, 2.05) is 30.3 Å². The largest absolute Gasteiger partial charge is 0.473 e. The molecule has 0 saturated carbocycles. The molecule has 0 amide bonds. The third kappa shape index (κ3) is 5.37. The van der Waals surface area contributed by atoms with E-state index in [-0.39, 0.29) is 6.04 Å². The van der Waals surface area contributed by atoms with E-state index < -0.39 is 12.3 Å². The van der Waals surface area contributed by atoms with Gasteiger partial charge >= 0.3 is 0 Å². The zero-order chi connectivity index (χ0) is 16.8. The molecule has 0 aliphatic carbocycles. The molecule has 124 valence electrons. The lowest BCUT2D eigenvalue weighted by atomic mass is 10.1. The number of halogens is 2. The lowest BCUT2D eigenvalue weighted by Gasteiger charge is -2.25. The van der Waals surface area contributed by atoms with Gasteiger partial charge in [-0.3, -0.25) is 5.32 Å². The molecule has 3 atom stereocenters. The molecule has 0 heterocycles. The quantitative estimate of drug-likeness (QED) is 0.666. The molecule has 0 aliphatic heterocycles. The lowest BCUT2D eigenvalue weighted by Crippen LogP contribution is -2.45. The predicted molar refractivity (Wildman–Crippen MR) is 93.9 cm³/mol. The van der Waals surface area contributed by atoms with Gasteiger partial charge in [0.05, 0.1) is 0 Å². The Labute approximate surface area is 146 Å². The van der Waals surface area contributed by atoms with E-state index in [9.17, 15) is 5.11 Å². The number of nitrogens with one attached hydrogen (secondary N) is 1. The second-order valence-electron chi connectivity index (χ2n) is 5.27. The lowest BCUT2D eigenvalue weighted by molar-refractivity contribution is 0.0262. The Morgan fingerprint density at radius 3 is 2.48 bits per heavy atom. The van der Waals surface area contributed by atoms with E-state index in [0.29, 0.717) is 22.3 Å². The van der Waals surface area contributed by atoms with Crippen molar-refractivity contribution in [1.82, 2.24) is 5.32 Å². The van der Waals surface area contributed by atoms with Crippen LogP contribution in [0.25, 0.3) is 0 Å². The highest BCUT2D eigenvalue weighted by Crippen LogP contribution is 2.25. The molecular weight excluding hydrogens is 335 g/mol. The number of nitrogens with two attached hydrogens (primary N) is 1. The summed E-state index contributed by atoms with van der Waals surface area (Å²) in [5.41, 5.74) is 6.95. The van der Waals surface area contributed by atoms with Crippen LogP contribution >= 0.6 is 23.2 Å². The van der Waals surface area contributed by atoms with Crippen molar-refractivity contribution in [3.63, 3.8) is 0 Å². The molecule has 2 aromatic carbocycles. The van der Waals surface area contributed by atoms with Crippen LogP contribution in [0.4, 0.5) is 0 Å². The van der Waals surface area contributed by atoms with Gasteiger partial charge in [0.15, 0.2) is 6.23 Å². The van der Waals surface area contributed by atoms with E-state index in [0.717, 1.165) is 5.56 Å². The highest BCUT2D eigenvalue weighted by Gasteiger charge is 2.19. The Bertz CT molecular complexity index is 623. The van der Waals surface area contributed by atoms with E-state index in [1.165, 1.54) is 0 Å². The zero-order valence-corrected chi connectivity index (χ0v) is 14.3. The number of aliphatic hydroxyl groups excluding tert-OH is 1. The summed E-state index contributed by atoms with van der Waals surface area (Å²) < 4.78 is 5.74. The molecule has 0 radical (unpaired) electrons. The molecule has 4 N–H and O–H groups in total. The number of aliphatic hydroxyl groups is 1. The van der Waals surface area contributed by atoms with Gasteiger partial charge in [0, 0.05) is 22.6 Å². The number of rotatable bonds is 7. The number of hydrogen-bond acceptors (Lipinski definition) is 4. The Morgan fingerprint density at radius 1 is 1.17 bits per heavy atom. The minimum Gasteiger partial charge on any atom is -0.473 e. The summed E-state index contributed by atoms with van der Waals surface area (Å²) in [4.78, 5) is 0. The van der Waals surface area contributed by atoms with Gasteiger partial charge in [-0.15, -0.1) is 0 Å². The van der Waals surface area contributed by atoms with Crippen LogP contribution in [0.15, 0.2) is 48.5 Å². The van der Waals surface area contributed by atoms with Crippen LogP contribution in [0, 0.1) is 0 Å². The molecule has 0 bridgehead atoms. The van der Waals surface area contributed by atoms with Crippen molar-refractivity contribution in [1.29, 1.82) is 0 Å². The molecule has 23 heavy (non-hydrogen) atoms. The van der Waals surface area contributed by atoms with E-state index in [2.05, 4.69) is 5.32 Å². The maximum absolute atomic E-state index is 9.88. The summed E-state index contributed by atoms with van der Waals surface area (Å²) in [6, 6.07) is 14.1. The molecular formula is C17H20Cl2N2O2. The predicted octanol–water partition coefficient (Wildman–Crippen LogP) is 3.37. The maximum atomic E-state index is 9.88. The van der Waals surface area contributed by atoms with Crippen molar-refractivity contribution in [3.8, 4) is 5.75 Å². The molecule has 2 aromatic rings. The summed E-state index contributed by atoms with van der Waals surface area (Å²) >= 11 is 12.0. The minimum absolute atomic E-state index is 0.347. The molecule has 2 rings (SSSR count). The van der Waals surface area contributed by atoms with Gasteiger partial charge in [0.1, 0.15) is 11.9 Å². The first kappa shape index (κ1) is 18.0. The molecule has 0 saturated heterocycles. The highest BCUT2D eigenvalue weighted by molar-refractivity contribution is 6.35. The van der Waals surface area contributed by atoms with Crippen LogP contribution in [0.3, 0.4) is 0 Å². The third-order valence-electron chi connectivity index (χ3n) is 3.35. The molecule has 3 unspecified atom stereocenters. The van der Waals surface area contributed by atoms with E-state index in [4.69, 9.17) is 33.7 Å². The average Bonchev–Trinajstić information content (AvgIpc) is 2.51. The zero-order valence-electron chi connectivity index (χ0n) is 12.7. The Hall–Kier alpha value is -1.30. The van der Waals surface area contributed by atoms with Crippen molar-refractivity contribution in [3.05, 3.63) is 64.1 Å². The number of hydrogen-bond donors (Lipinski definition) is 3. The van der Waals surface area contributed by atoms with Crippen LogP contribution in [-0.4, -0.2) is 24.0 Å². The first-order valence-corrected chi connectivity index (χ1v) is 8.06. The molecule has 0 spiro atoms. The van der Waals surface area contributed by atoms with Gasteiger partial charge in [-0.1, -0.05) is 47.5 Å². The monoisotopic (exact) mass is 354 g/mol. The molecule has 0 fully saturated rings. The van der Waals surface area contributed by atoms with E-state index >= 15 is 0 Å². The Morgan fingerprint density at radius 2 is 1.87 bits per heavy atom. The Kier molecular flexibility index (Phi) is 6.69. The maximum Gasteiger partial charge on any atom is 0.176 e. The standard InChI is InChI=1S/C17H20Cl2N2O2/c1-11(22)17(23-13-5-3-2-4-6-13)21-10-16(20)14-8-7-12(18)9-15(14)19/h2-9,11,16-17,21-22H,10,20H2,1H3. The second kappa shape index (κ2) is 8.52. The number of ether oxygens (including phenoxy) is 1. The van der Waals surface area contributed by atoms with Crippen molar-refractivity contribution >= 4 is 23.2 Å². The van der Waals surface area contributed by atoms with Gasteiger partial charge in [-0.25, -0.2) is 0 Å². The third-order valence-corrected chi connectivity index (χ3v) is 3.91. The van der Waals surface area contributed by atoms with Crippen molar-refractivity contribution in [2.24, 2.45) is 5.73 Å². The van der Waals surface area contributed by atoms with Crippen molar-refractivity contribution in [2.75, 3.05) is 6.54 Å². The topological polar surface area (TPSA) is 67.5 Å². The van der Waals surface area contributed by atoms with Gasteiger partial charge in [-0.05, 0) is 36.8 Å². The van der Waals surface area contributed by atoms with Gasteiger partial charge < -0.3 is 15.6 Å². The molecule has 0 aromatic heterocycles. The summed E-state index contributed by atoms with van der Waals surface area (Å²) in [5.74, 6) is 0.670. The minimum atomic E-state index is -0.705. The summed E-state index contributed by atoms with van der Waals surface area (Å²) in [6.45, 7) is 2.05. The van der Waals surface area contributed by atoms with Gasteiger partial charge in [0.25, 0.3) is 0 Å². The fourth-order valence-electron chi connectivity index (χ4n) is 2.11. The second-order valence-corrected chi connectivity index (χ2v) is 6.12. The fourth-order valence-corrected chi connectivity index (χ4v) is 2.66. The summed E-state index contributed by atoms with van der Waals surface area (Å²) in [6.07, 6.45) is -1.28. The normalized spacial score (nSPS) is 15.0. The summed E-state index contributed by atoms with van der Waals surface area (Å²) in [7, 11) is 0. The SMILES string of the molecule is CC(O)C(NCC(N)c1ccc(Cl)cc1Cl)Oc1ccccc1. The number of para-hydroxylation sites is 1. The fraction of sp³-hybridized carbons (Fsp3) is 0.294. The molecule has 0 aliphatic rings. The first-order chi connectivity index (χ1) is 11.0.